The number of carbonyl (C=O) groups excluding carboxylic acids is 3. The van der Waals surface area contributed by atoms with E-state index in [1.54, 1.807) is 0 Å². The molecule has 8 heteroatoms. The average Bonchev–Trinajstić information content (AvgIpc) is 2.55. The summed E-state index contributed by atoms with van der Waals surface area (Å²) in [6.45, 7) is 1.01. The zero-order chi connectivity index (χ0) is 16.7. The van der Waals surface area contributed by atoms with Crippen LogP contribution in [0.1, 0.15) is 11.6 Å². The Bertz CT molecular complexity index is 561. The van der Waals surface area contributed by atoms with Gasteiger partial charge < -0.3 is 10.5 Å². The second kappa shape index (κ2) is 8.54. The molecule has 3 amide bonds. The van der Waals surface area contributed by atoms with E-state index >= 15 is 0 Å². The topological polar surface area (TPSA) is 102 Å². The van der Waals surface area contributed by atoms with Gasteiger partial charge in [0.2, 0.25) is 0 Å². The first kappa shape index (κ1) is 17.3. The van der Waals surface area contributed by atoms with Crippen LogP contribution in [-0.4, -0.2) is 54.0 Å². The minimum Gasteiger partial charge on any atom is -0.454 e. The van der Waals surface area contributed by atoms with Gasteiger partial charge in [-0.2, -0.15) is 11.8 Å². The summed E-state index contributed by atoms with van der Waals surface area (Å²) in [6.07, 6.45) is 0. The first-order chi connectivity index (χ1) is 11.1. The van der Waals surface area contributed by atoms with Gasteiger partial charge in [-0.1, -0.05) is 30.3 Å². The molecule has 0 saturated carbocycles. The average molecular weight is 337 g/mol. The minimum absolute atomic E-state index is 0.511. The Morgan fingerprint density at radius 2 is 1.87 bits per heavy atom. The number of ether oxygens (including phenoxy) is 1. The summed E-state index contributed by atoms with van der Waals surface area (Å²) >= 11 is 1.84. The fourth-order valence-electron chi connectivity index (χ4n) is 2.36. The molecule has 0 spiro atoms. The molecule has 3 N–H and O–H groups in total. The zero-order valence-electron chi connectivity index (χ0n) is 12.6. The lowest BCUT2D eigenvalue weighted by Gasteiger charge is -2.32. The highest BCUT2D eigenvalue weighted by atomic mass is 32.2. The summed E-state index contributed by atoms with van der Waals surface area (Å²) < 4.78 is 5.07. The van der Waals surface area contributed by atoms with Gasteiger partial charge >= 0.3 is 12.0 Å². The second-order valence-corrected chi connectivity index (χ2v) is 6.21. The highest BCUT2D eigenvalue weighted by Crippen LogP contribution is 2.25. The molecule has 1 fully saturated rings. The third-order valence-corrected chi connectivity index (χ3v) is 4.30. The fourth-order valence-corrected chi connectivity index (χ4v) is 3.29. The van der Waals surface area contributed by atoms with E-state index in [9.17, 15) is 14.4 Å². The predicted octanol–water partition coefficient (Wildman–Crippen LogP) is 0.515. The van der Waals surface area contributed by atoms with Crippen molar-refractivity contribution in [2.75, 3.05) is 31.2 Å². The SMILES string of the molecule is NC(=O)NC(=O)COC(=O)[C@@H](c1ccccc1)N1CCSCC1. The van der Waals surface area contributed by atoms with Crippen molar-refractivity contribution in [2.45, 2.75) is 6.04 Å². The fraction of sp³-hybridized carbons (Fsp3) is 0.400. The number of amides is 3. The third-order valence-electron chi connectivity index (χ3n) is 3.36. The third kappa shape index (κ3) is 5.26. The van der Waals surface area contributed by atoms with Crippen LogP contribution in [0.3, 0.4) is 0 Å². The lowest BCUT2D eigenvalue weighted by atomic mass is 10.1. The number of hydrogen-bond acceptors (Lipinski definition) is 6. The van der Waals surface area contributed by atoms with Gasteiger partial charge in [0.15, 0.2) is 6.61 Å². The Morgan fingerprint density at radius 3 is 2.48 bits per heavy atom. The van der Waals surface area contributed by atoms with Gasteiger partial charge in [-0.15, -0.1) is 0 Å². The monoisotopic (exact) mass is 337 g/mol. The molecule has 1 atom stereocenters. The first-order valence-corrected chi connectivity index (χ1v) is 8.36. The van der Waals surface area contributed by atoms with Crippen molar-refractivity contribution in [3.05, 3.63) is 35.9 Å². The molecular weight excluding hydrogens is 318 g/mol. The van der Waals surface area contributed by atoms with Crippen LogP contribution in [0.2, 0.25) is 0 Å². The van der Waals surface area contributed by atoms with E-state index in [0.717, 1.165) is 30.2 Å². The van der Waals surface area contributed by atoms with Crippen molar-refractivity contribution in [3.8, 4) is 0 Å². The molecule has 7 nitrogen and oxygen atoms in total. The number of benzene rings is 1. The number of nitrogens with one attached hydrogen (secondary N) is 1. The molecule has 1 aliphatic heterocycles. The summed E-state index contributed by atoms with van der Waals surface area (Å²) in [5.41, 5.74) is 5.66. The molecule has 2 rings (SSSR count). The van der Waals surface area contributed by atoms with Crippen LogP contribution in [0.25, 0.3) is 0 Å². The molecule has 1 aromatic carbocycles. The van der Waals surface area contributed by atoms with Crippen molar-refractivity contribution in [3.63, 3.8) is 0 Å². The van der Waals surface area contributed by atoms with E-state index in [0.29, 0.717) is 0 Å². The highest BCUT2D eigenvalue weighted by Gasteiger charge is 2.30. The summed E-state index contributed by atoms with van der Waals surface area (Å²) in [6, 6.07) is 7.77. The molecule has 1 saturated heterocycles. The molecule has 0 radical (unpaired) electrons. The van der Waals surface area contributed by atoms with Gasteiger partial charge in [-0.3, -0.25) is 15.0 Å². The van der Waals surface area contributed by atoms with Gasteiger partial charge in [0.05, 0.1) is 0 Å². The molecule has 0 aliphatic carbocycles. The van der Waals surface area contributed by atoms with E-state index in [2.05, 4.69) is 0 Å². The molecule has 0 bridgehead atoms. The molecule has 124 valence electrons. The van der Waals surface area contributed by atoms with Crippen molar-refractivity contribution < 1.29 is 19.1 Å². The number of carbonyl (C=O) groups is 3. The van der Waals surface area contributed by atoms with Gasteiger partial charge in [-0.05, 0) is 5.56 Å². The Balaban J connectivity index is 2.05. The Hall–Kier alpha value is -2.06. The number of nitrogens with two attached hydrogens (primary N) is 1. The molecular formula is C15H19N3O4S. The molecule has 1 heterocycles. The van der Waals surface area contributed by atoms with Crippen molar-refractivity contribution in [1.29, 1.82) is 0 Å². The van der Waals surface area contributed by atoms with Gasteiger partial charge in [0, 0.05) is 24.6 Å². The van der Waals surface area contributed by atoms with Crippen LogP contribution < -0.4 is 11.1 Å². The van der Waals surface area contributed by atoms with Gasteiger partial charge in [0.1, 0.15) is 6.04 Å². The maximum atomic E-state index is 12.5. The van der Waals surface area contributed by atoms with E-state index in [1.165, 1.54) is 0 Å². The van der Waals surface area contributed by atoms with Crippen LogP contribution in [0.5, 0.6) is 0 Å². The number of hydrogen-bond donors (Lipinski definition) is 2. The number of imide groups is 1. The summed E-state index contributed by atoms with van der Waals surface area (Å²) in [5.74, 6) is 0.631. The van der Waals surface area contributed by atoms with Crippen LogP contribution in [0, 0.1) is 0 Å². The maximum absolute atomic E-state index is 12.5. The number of primary amides is 1. The highest BCUT2D eigenvalue weighted by molar-refractivity contribution is 7.99. The molecule has 0 unspecified atom stereocenters. The van der Waals surface area contributed by atoms with Crippen LogP contribution in [-0.2, 0) is 14.3 Å². The maximum Gasteiger partial charge on any atom is 0.328 e. The molecule has 0 aromatic heterocycles. The predicted molar refractivity (Wildman–Crippen MR) is 86.8 cm³/mol. The van der Waals surface area contributed by atoms with Gasteiger partial charge in [0.25, 0.3) is 5.91 Å². The summed E-state index contributed by atoms with van der Waals surface area (Å²) in [4.78, 5) is 36.5. The molecule has 23 heavy (non-hydrogen) atoms. The Labute approximate surface area is 138 Å². The van der Waals surface area contributed by atoms with E-state index in [4.69, 9.17) is 10.5 Å². The molecule has 1 aliphatic rings. The van der Waals surface area contributed by atoms with Crippen LogP contribution in [0.4, 0.5) is 4.79 Å². The van der Waals surface area contributed by atoms with Crippen molar-refractivity contribution in [1.82, 2.24) is 10.2 Å². The lowest BCUT2D eigenvalue weighted by Crippen LogP contribution is -2.42. The first-order valence-electron chi connectivity index (χ1n) is 7.20. The second-order valence-electron chi connectivity index (χ2n) is 4.98. The minimum atomic E-state index is -0.973. The quantitative estimate of drug-likeness (QED) is 0.759. The largest absolute Gasteiger partial charge is 0.454 e. The number of thioether (sulfide) groups is 1. The lowest BCUT2D eigenvalue weighted by molar-refractivity contribution is -0.154. The van der Waals surface area contributed by atoms with Gasteiger partial charge in [-0.25, -0.2) is 9.59 Å². The van der Waals surface area contributed by atoms with E-state index < -0.39 is 30.6 Å². The van der Waals surface area contributed by atoms with Crippen LogP contribution in [0.15, 0.2) is 30.3 Å². The normalized spacial score (nSPS) is 16.3. The van der Waals surface area contributed by atoms with E-state index in [-0.39, 0.29) is 0 Å². The van der Waals surface area contributed by atoms with Crippen LogP contribution >= 0.6 is 11.8 Å². The standard InChI is InChI=1S/C15H19N3O4S/c16-15(21)17-12(19)10-22-14(20)13(11-4-2-1-3-5-11)18-6-8-23-9-7-18/h1-5,13H,6-10H2,(H3,16,17,19,21)/t13-/m1/s1. The number of esters is 1. The number of nitrogens with zero attached hydrogens (tertiary/aromatic N) is 1. The van der Waals surface area contributed by atoms with Crippen molar-refractivity contribution in [2.24, 2.45) is 5.73 Å². The summed E-state index contributed by atoms with van der Waals surface area (Å²) in [7, 11) is 0. The smallest absolute Gasteiger partial charge is 0.328 e. The zero-order valence-corrected chi connectivity index (χ0v) is 13.4. The van der Waals surface area contributed by atoms with E-state index in [1.807, 2.05) is 52.3 Å². The Morgan fingerprint density at radius 1 is 1.22 bits per heavy atom. The Kier molecular flexibility index (Phi) is 6.42. The number of urea groups is 1. The number of rotatable bonds is 5. The van der Waals surface area contributed by atoms with Crippen molar-refractivity contribution >= 4 is 29.7 Å². The summed E-state index contributed by atoms with van der Waals surface area (Å²) in [5, 5.41) is 1.86. The molecule has 1 aromatic rings.